The minimum atomic E-state index is -0.346. The van der Waals surface area contributed by atoms with Crippen LogP contribution in [0, 0.1) is 13.8 Å². The van der Waals surface area contributed by atoms with Gasteiger partial charge < -0.3 is 14.8 Å². The van der Waals surface area contributed by atoms with Gasteiger partial charge in [-0.15, -0.1) is 0 Å². The summed E-state index contributed by atoms with van der Waals surface area (Å²) in [6, 6.07) is 13.1. The summed E-state index contributed by atoms with van der Waals surface area (Å²) >= 11 is 6.22. The summed E-state index contributed by atoms with van der Waals surface area (Å²) in [5.41, 5.74) is 5.00. The Kier molecular flexibility index (Phi) is 5.52. The van der Waals surface area contributed by atoms with E-state index in [4.69, 9.17) is 21.1 Å². The van der Waals surface area contributed by atoms with Gasteiger partial charge in [0.1, 0.15) is 11.5 Å². The van der Waals surface area contributed by atoms with E-state index in [1.807, 2.05) is 44.2 Å². The molecule has 0 aliphatic carbocycles. The molecule has 0 bridgehead atoms. The fourth-order valence-corrected chi connectivity index (χ4v) is 3.76. The predicted molar refractivity (Wildman–Crippen MR) is 120 cm³/mol. The Morgan fingerprint density at radius 2 is 1.77 bits per heavy atom. The van der Waals surface area contributed by atoms with Crippen molar-refractivity contribution in [1.29, 1.82) is 0 Å². The molecule has 4 aromatic rings. The molecule has 0 unspecified atom stereocenters. The summed E-state index contributed by atoms with van der Waals surface area (Å²) in [6.07, 6.45) is 1.56. The van der Waals surface area contributed by atoms with Crippen LogP contribution in [0.1, 0.15) is 21.7 Å². The number of amides is 1. The fraction of sp³-hybridized carbons (Fsp3) is 0.174. The van der Waals surface area contributed by atoms with E-state index in [0.717, 1.165) is 16.8 Å². The van der Waals surface area contributed by atoms with Crippen LogP contribution < -0.4 is 14.8 Å². The van der Waals surface area contributed by atoms with Gasteiger partial charge in [-0.1, -0.05) is 41.9 Å². The normalized spacial score (nSPS) is 10.9. The van der Waals surface area contributed by atoms with Crippen LogP contribution >= 0.6 is 11.6 Å². The Hall–Kier alpha value is -3.58. The number of carbonyl (C=O) groups is 1. The van der Waals surface area contributed by atoms with Crippen LogP contribution in [0.4, 0.5) is 5.69 Å². The van der Waals surface area contributed by atoms with Crippen molar-refractivity contribution in [2.24, 2.45) is 0 Å². The van der Waals surface area contributed by atoms with Crippen LogP contribution in [0.2, 0.25) is 5.02 Å². The van der Waals surface area contributed by atoms with Crippen molar-refractivity contribution >= 4 is 28.8 Å². The first-order chi connectivity index (χ1) is 14.9. The van der Waals surface area contributed by atoms with E-state index < -0.39 is 0 Å². The van der Waals surface area contributed by atoms with Crippen molar-refractivity contribution in [3.8, 4) is 22.6 Å². The molecular formula is C23H21ClN4O3. The van der Waals surface area contributed by atoms with Crippen LogP contribution in [0.5, 0.6) is 11.5 Å². The highest BCUT2D eigenvalue weighted by Gasteiger charge is 2.20. The Bertz CT molecular complexity index is 1290. The van der Waals surface area contributed by atoms with Gasteiger partial charge >= 0.3 is 0 Å². The van der Waals surface area contributed by atoms with Gasteiger partial charge in [0.15, 0.2) is 5.65 Å². The zero-order valence-corrected chi connectivity index (χ0v) is 18.3. The number of methoxy groups -OCH3 is 2. The monoisotopic (exact) mass is 436 g/mol. The molecule has 0 radical (unpaired) electrons. The number of aryl methyl sites for hydroxylation is 2. The lowest BCUT2D eigenvalue weighted by atomic mass is 10.1. The van der Waals surface area contributed by atoms with Crippen LogP contribution in [-0.4, -0.2) is 34.7 Å². The van der Waals surface area contributed by atoms with Gasteiger partial charge in [0, 0.05) is 17.8 Å². The number of hydrogen-bond donors (Lipinski definition) is 1. The maximum atomic E-state index is 13.1. The third-order valence-electron chi connectivity index (χ3n) is 5.09. The van der Waals surface area contributed by atoms with Crippen LogP contribution in [0.15, 0.2) is 48.7 Å². The summed E-state index contributed by atoms with van der Waals surface area (Å²) in [4.78, 5) is 17.6. The zero-order valence-electron chi connectivity index (χ0n) is 17.6. The van der Waals surface area contributed by atoms with Gasteiger partial charge in [-0.25, -0.2) is 9.50 Å². The van der Waals surface area contributed by atoms with Crippen molar-refractivity contribution in [2.45, 2.75) is 13.8 Å². The van der Waals surface area contributed by atoms with Crippen molar-refractivity contribution in [3.05, 3.63) is 70.6 Å². The molecule has 1 N–H and O–H groups in total. The lowest BCUT2D eigenvalue weighted by Crippen LogP contribution is -2.16. The topological polar surface area (TPSA) is 77.8 Å². The molecule has 8 heteroatoms. The quantitative estimate of drug-likeness (QED) is 0.479. The summed E-state index contributed by atoms with van der Waals surface area (Å²) in [6.45, 7) is 3.77. The Balaban J connectivity index is 1.74. The van der Waals surface area contributed by atoms with E-state index in [-0.39, 0.29) is 5.91 Å². The lowest BCUT2D eigenvalue weighted by Gasteiger charge is -2.14. The smallest absolute Gasteiger partial charge is 0.259 e. The van der Waals surface area contributed by atoms with E-state index in [9.17, 15) is 4.79 Å². The summed E-state index contributed by atoms with van der Waals surface area (Å²) in [5.74, 6) is 0.541. The highest BCUT2D eigenvalue weighted by atomic mass is 35.5. The maximum Gasteiger partial charge on any atom is 0.259 e. The molecule has 0 aliphatic heterocycles. The number of benzene rings is 2. The van der Waals surface area contributed by atoms with Crippen LogP contribution in [0.25, 0.3) is 16.8 Å². The third-order valence-corrected chi connectivity index (χ3v) is 5.38. The largest absolute Gasteiger partial charge is 0.495 e. The maximum absolute atomic E-state index is 13.1. The summed E-state index contributed by atoms with van der Waals surface area (Å²) in [7, 11) is 3.02. The molecule has 2 aromatic carbocycles. The minimum absolute atomic E-state index is 0.346. The van der Waals surface area contributed by atoms with E-state index >= 15 is 0 Å². The molecule has 2 aromatic heterocycles. The van der Waals surface area contributed by atoms with Gasteiger partial charge in [-0.05, 0) is 25.5 Å². The van der Waals surface area contributed by atoms with Crippen LogP contribution in [-0.2, 0) is 0 Å². The first kappa shape index (κ1) is 20.7. The molecule has 0 saturated heterocycles. The molecule has 1 amide bonds. The second-order valence-electron chi connectivity index (χ2n) is 6.96. The molecule has 0 fully saturated rings. The van der Waals surface area contributed by atoms with Crippen molar-refractivity contribution in [2.75, 3.05) is 19.5 Å². The van der Waals surface area contributed by atoms with Crippen molar-refractivity contribution < 1.29 is 14.3 Å². The number of nitrogens with one attached hydrogen (secondary N) is 1. The molecule has 7 nitrogen and oxygen atoms in total. The Morgan fingerprint density at radius 3 is 2.45 bits per heavy atom. The number of fused-ring (bicyclic) bond motifs is 1. The lowest BCUT2D eigenvalue weighted by molar-refractivity contribution is 0.102. The number of anilines is 1. The second kappa shape index (κ2) is 8.28. The summed E-state index contributed by atoms with van der Waals surface area (Å²) < 4.78 is 12.3. The SMILES string of the molecule is COc1cc(OC)c(NC(=O)c2cnc3c(-c4ccccc4)c(C)nn3c2C)cc1Cl. The van der Waals surface area contributed by atoms with Crippen molar-refractivity contribution in [1.82, 2.24) is 14.6 Å². The van der Waals surface area contributed by atoms with Gasteiger partial charge in [-0.2, -0.15) is 5.10 Å². The van der Waals surface area contributed by atoms with Crippen molar-refractivity contribution in [3.63, 3.8) is 0 Å². The van der Waals surface area contributed by atoms with E-state index in [1.54, 1.807) is 22.8 Å². The minimum Gasteiger partial charge on any atom is -0.495 e. The number of nitrogens with zero attached hydrogens (tertiary/aromatic N) is 3. The van der Waals surface area contributed by atoms with Gasteiger partial charge in [-0.3, -0.25) is 4.79 Å². The van der Waals surface area contributed by atoms with E-state index in [0.29, 0.717) is 39.1 Å². The number of aromatic nitrogens is 3. The van der Waals surface area contributed by atoms with Crippen LogP contribution in [0.3, 0.4) is 0 Å². The molecule has 0 spiro atoms. The Labute approximate surface area is 184 Å². The predicted octanol–water partition coefficient (Wildman–Crippen LogP) is 4.94. The molecule has 0 saturated carbocycles. The first-order valence-electron chi connectivity index (χ1n) is 9.57. The fourth-order valence-electron chi connectivity index (χ4n) is 3.51. The van der Waals surface area contributed by atoms with E-state index in [1.165, 1.54) is 14.2 Å². The highest BCUT2D eigenvalue weighted by molar-refractivity contribution is 6.32. The highest BCUT2D eigenvalue weighted by Crippen LogP contribution is 2.36. The van der Waals surface area contributed by atoms with Gasteiger partial charge in [0.2, 0.25) is 0 Å². The number of halogens is 1. The number of carbonyl (C=O) groups excluding carboxylic acids is 1. The average Bonchev–Trinajstić information content (AvgIpc) is 3.11. The molecular weight excluding hydrogens is 416 g/mol. The van der Waals surface area contributed by atoms with Gasteiger partial charge in [0.25, 0.3) is 5.91 Å². The zero-order chi connectivity index (χ0) is 22.1. The Morgan fingerprint density at radius 1 is 1.06 bits per heavy atom. The number of hydrogen-bond acceptors (Lipinski definition) is 5. The van der Waals surface area contributed by atoms with Gasteiger partial charge in [0.05, 0.1) is 41.9 Å². The third kappa shape index (κ3) is 3.68. The average molecular weight is 437 g/mol. The summed E-state index contributed by atoms with van der Waals surface area (Å²) in [5, 5.41) is 7.83. The number of ether oxygens (including phenoxy) is 2. The standard InChI is InChI=1S/C23H21ClN4O3/c1-13-21(15-8-6-5-7-9-15)22-25-12-16(14(2)28(22)27-13)23(29)26-18-10-17(24)19(30-3)11-20(18)31-4/h5-12H,1-4H3,(H,26,29). The molecule has 2 heterocycles. The molecule has 4 rings (SSSR count). The molecule has 0 aliphatic rings. The second-order valence-corrected chi connectivity index (χ2v) is 7.37. The molecule has 0 atom stereocenters. The van der Waals surface area contributed by atoms with E-state index in [2.05, 4.69) is 15.4 Å². The molecule has 158 valence electrons. The molecule has 31 heavy (non-hydrogen) atoms. The first-order valence-corrected chi connectivity index (χ1v) is 9.95. The number of rotatable bonds is 5.